The number of hydrogen-bond donors (Lipinski definition) is 2. The van der Waals surface area contributed by atoms with Crippen molar-refractivity contribution >= 4 is 50.8 Å². The van der Waals surface area contributed by atoms with Crippen molar-refractivity contribution in [1.82, 2.24) is 29.6 Å². The number of carbonyl (C=O) groups excluding carboxylic acids is 1. The van der Waals surface area contributed by atoms with Crippen LogP contribution in [0, 0.1) is 0 Å². The number of hydrogen-bond acceptors (Lipinski definition) is 10. The summed E-state index contributed by atoms with van der Waals surface area (Å²) in [5.41, 5.74) is 5.42. The zero-order valence-corrected chi connectivity index (χ0v) is 26.5. The first-order valence-electron chi connectivity index (χ1n) is 13.5. The summed E-state index contributed by atoms with van der Waals surface area (Å²) in [5, 5.41) is 5.28. The fraction of sp³-hybridized carbons (Fsp3) is 0.393. The standard InChI is InChI=1S/C28H33Cl2N7O5S/c1-35-9-11-37(12-10-35)34-26(38)19-14-23(41-3)22(15-20(19)29)32-28-31-16-21(30)27(33-28)42-24-13-17-7-5-6-8-18(17)25(24)36(2)43(4,39)40/h5-8,14-16,24-25H,9-13H2,1-4H3,(H,34,38)(H,31,32,33)/t24-,25-/m1/s1. The number of nitrogens with zero attached hydrogens (tertiary/aromatic N) is 5. The van der Waals surface area contributed by atoms with Gasteiger partial charge in [-0.25, -0.2) is 18.4 Å². The van der Waals surface area contributed by atoms with Gasteiger partial charge in [-0.05, 0) is 30.3 Å². The summed E-state index contributed by atoms with van der Waals surface area (Å²) in [6.07, 6.45) is 2.42. The summed E-state index contributed by atoms with van der Waals surface area (Å²) in [6, 6.07) is 10.1. The number of methoxy groups -OCH3 is 1. The van der Waals surface area contributed by atoms with E-state index >= 15 is 0 Å². The first-order valence-corrected chi connectivity index (χ1v) is 16.1. The molecule has 1 aromatic heterocycles. The maximum absolute atomic E-state index is 13.0. The lowest BCUT2D eigenvalue weighted by atomic mass is 10.1. The van der Waals surface area contributed by atoms with E-state index in [1.54, 1.807) is 12.1 Å². The fourth-order valence-electron chi connectivity index (χ4n) is 5.15. The number of benzene rings is 2. The average molecular weight is 651 g/mol. The molecule has 1 fully saturated rings. The average Bonchev–Trinajstić information content (AvgIpc) is 3.32. The third kappa shape index (κ3) is 6.97. The predicted molar refractivity (Wildman–Crippen MR) is 165 cm³/mol. The van der Waals surface area contributed by atoms with Gasteiger partial charge in [-0.3, -0.25) is 10.2 Å². The van der Waals surface area contributed by atoms with Gasteiger partial charge in [-0.15, -0.1) is 0 Å². The predicted octanol–water partition coefficient (Wildman–Crippen LogP) is 3.36. The van der Waals surface area contributed by atoms with Gasteiger partial charge in [0.15, 0.2) is 0 Å². The van der Waals surface area contributed by atoms with Gasteiger partial charge in [-0.1, -0.05) is 47.5 Å². The van der Waals surface area contributed by atoms with Gasteiger partial charge in [0.2, 0.25) is 21.9 Å². The molecule has 1 saturated heterocycles. The number of halogens is 2. The van der Waals surface area contributed by atoms with Crippen LogP contribution in [0.2, 0.25) is 10.0 Å². The molecule has 2 aromatic carbocycles. The van der Waals surface area contributed by atoms with Gasteiger partial charge in [0.05, 0.1) is 41.9 Å². The second kappa shape index (κ2) is 12.8. The van der Waals surface area contributed by atoms with E-state index in [-0.39, 0.29) is 33.3 Å². The molecule has 0 spiro atoms. The molecule has 2 N–H and O–H groups in total. The molecule has 3 aromatic rings. The van der Waals surface area contributed by atoms with E-state index in [0.29, 0.717) is 30.9 Å². The second-order valence-electron chi connectivity index (χ2n) is 10.5. The van der Waals surface area contributed by atoms with Crippen LogP contribution in [0.4, 0.5) is 11.6 Å². The molecular formula is C28H33Cl2N7O5S. The van der Waals surface area contributed by atoms with Crippen LogP contribution in [-0.2, 0) is 16.4 Å². The van der Waals surface area contributed by atoms with Crippen LogP contribution >= 0.6 is 23.2 Å². The van der Waals surface area contributed by atoms with Crippen molar-refractivity contribution in [2.24, 2.45) is 0 Å². The minimum atomic E-state index is -3.53. The summed E-state index contributed by atoms with van der Waals surface area (Å²) < 4.78 is 38.0. The van der Waals surface area contributed by atoms with Crippen molar-refractivity contribution in [2.75, 3.05) is 59.0 Å². The Balaban J connectivity index is 1.36. The van der Waals surface area contributed by atoms with Crippen LogP contribution in [0.1, 0.15) is 27.5 Å². The number of piperazine rings is 1. The Morgan fingerprint density at radius 3 is 2.53 bits per heavy atom. The van der Waals surface area contributed by atoms with Crippen LogP contribution in [-0.4, -0.2) is 98.3 Å². The Hall–Kier alpha value is -3.20. The SMILES string of the molecule is COc1cc(C(=O)NN2CCN(C)CC2)c(Cl)cc1Nc1ncc(Cl)c(O[C@@H]2Cc3ccccc3[C@H]2N(C)S(C)(=O)=O)n1. The van der Waals surface area contributed by atoms with E-state index in [2.05, 4.69) is 25.6 Å². The van der Waals surface area contributed by atoms with Crippen molar-refractivity contribution in [1.29, 1.82) is 0 Å². The quantitative estimate of drug-likeness (QED) is 0.356. The van der Waals surface area contributed by atoms with E-state index < -0.39 is 22.2 Å². The van der Waals surface area contributed by atoms with Crippen molar-refractivity contribution in [2.45, 2.75) is 18.6 Å². The highest BCUT2D eigenvalue weighted by Gasteiger charge is 2.40. The summed E-state index contributed by atoms with van der Waals surface area (Å²) in [7, 11) is 1.51. The summed E-state index contributed by atoms with van der Waals surface area (Å²) in [4.78, 5) is 23.9. The lowest BCUT2D eigenvalue weighted by molar-refractivity contribution is 0.0662. The number of sulfonamides is 1. The Morgan fingerprint density at radius 2 is 1.84 bits per heavy atom. The Morgan fingerprint density at radius 1 is 1.12 bits per heavy atom. The number of hydrazine groups is 1. The van der Waals surface area contributed by atoms with E-state index in [9.17, 15) is 13.2 Å². The molecule has 2 heterocycles. The van der Waals surface area contributed by atoms with Gasteiger partial charge < -0.3 is 19.7 Å². The van der Waals surface area contributed by atoms with Crippen LogP contribution in [0.5, 0.6) is 11.6 Å². The van der Waals surface area contributed by atoms with E-state index in [1.807, 2.05) is 36.3 Å². The zero-order valence-electron chi connectivity index (χ0n) is 24.2. The van der Waals surface area contributed by atoms with Crippen LogP contribution in [0.15, 0.2) is 42.6 Å². The van der Waals surface area contributed by atoms with Crippen LogP contribution in [0.25, 0.3) is 0 Å². The summed E-state index contributed by atoms with van der Waals surface area (Å²) >= 11 is 13.0. The monoisotopic (exact) mass is 649 g/mol. The first-order chi connectivity index (χ1) is 20.4. The summed E-state index contributed by atoms with van der Waals surface area (Å²) in [6.45, 7) is 3.09. The lowest BCUT2D eigenvalue weighted by Gasteiger charge is -2.32. The molecule has 2 atom stereocenters. The van der Waals surface area contributed by atoms with Crippen molar-refractivity contribution in [3.05, 3.63) is 69.3 Å². The van der Waals surface area contributed by atoms with Gasteiger partial charge in [0, 0.05) is 39.6 Å². The largest absolute Gasteiger partial charge is 0.495 e. The molecular weight excluding hydrogens is 617 g/mol. The van der Waals surface area contributed by atoms with E-state index in [1.165, 1.54) is 24.7 Å². The number of aromatic nitrogens is 2. The van der Waals surface area contributed by atoms with Crippen molar-refractivity contribution in [3.8, 4) is 11.6 Å². The number of rotatable bonds is 9. The molecule has 0 radical (unpaired) electrons. The molecule has 15 heteroatoms. The number of amides is 1. The van der Waals surface area contributed by atoms with E-state index in [0.717, 1.165) is 30.5 Å². The lowest BCUT2D eigenvalue weighted by Crippen LogP contribution is -2.52. The Labute approximate surface area is 260 Å². The number of nitrogens with one attached hydrogen (secondary N) is 2. The van der Waals surface area contributed by atoms with Crippen molar-refractivity contribution in [3.63, 3.8) is 0 Å². The molecule has 12 nitrogen and oxygen atoms in total. The first kappa shape index (κ1) is 31.2. The van der Waals surface area contributed by atoms with Crippen LogP contribution < -0.4 is 20.2 Å². The second-order valence-corrected chi connectivity index (χ2v) is 13.4. The molecule has 1 aliphatic heterocycles. The molecule has 230 valence electrons. The number of carbonyl (C=O) groups is 1. The molecule has 0 unspecified atom stereocenters. The number of fused-ring (bicyclic) bond motifs is 1. The molecule has 1 aliphatic carbocycles. The van der Waals surface area contributed by atoms with Crippen LogP contribution in [0.3, 0.4) is 0 Å². The molecule has 43 heavy (non-hydrogen) atoms. The topological polar surface area (TPSA) is 129 Å². The molecule has 0 saturated carbocycles. The Bertz CT molecular complexity index is 1620. The third-order valence-electron chi connectivity index (χ3n) is 7.58. The van der Waals surface area contributed by atoms with Gasteiger partial charge >= 0.3 is 0 Å². The fourth-order valence-corrected chi connectivity index (χ4v) is 6.20. The number of ether oxygens (including phenoxy) is 2. The minimum absolute atomic E-state index is 0.0807. The highest BCUT2D eigenvalue weighted by atomic mass is 35.5. The van der Waals surface area contributed by atoms with Gasteiger partial charge in [0.1, 0.15) is 16.9 Å². The molecule has 1 amide bonds. The zero-order chi connectivity index (χ0) is 30.9. The maximum Gasteiger partial charge on any atom is 0.267 e. The maximum atomic E-state index is 13.0. The molecule has 2 aliphatic rings. The Kier molecular flexibility index (Phi) is 9.30. The third-order valence-corrected chi connectivity index (χ3v) is 9.43. The van der Waals surface area contributed by atoms with Crippen molar-refractivity contribution < 1.29 is 22.7 Å². The number of anilines is 2. The number of likely N-dealkylation sites (N-methyl/N-ethyl adjacent to an activating group) is 2. The normalized spacial score (nSPS) is 19.2. The van der Waals surface area contributed by atoms with E-state index in [4.69, 9.17) is 32.7 Å². The smallest absolute Gasteiger partial charge is 0.267 e. The molecule has 5 rings (SSSR count). The summed E-state index contributed by atoms with van der Waals surface area (Å²) in [5.74, 6) is 0.211. The highest BCUT2D eigenvalue weighted by molar-refractivity contribution is 7.88. The molecule has 0 bridgehead atoms. The van der Waals surface area contributed by atoms with Gasteiger partial charge in [0.25, 0.3) is 5.91 Å². The minimum Gasteiger partial charge on any atom is -0.495 e. The van der Waals surface area contributed by atoms with Gasteiger partial charge in [-0.2, -0.15) is 9.29 Å². The highest BCUT2D eigenvalue weighted by Crippen LogP contribution is 2.40.